The van der Waals surface area contributed by atoms with Gasteiger partial charge >= 0.3 is 6.36 Å². The molecule has 0 aliphatic heterocycles. The summed E-state index contributed by atoms with van der Waals surface area (Å²) in [5.41, 5.74) is 6.54. The largest absolute Gasteiger partial charge is 0.573 e. The highest BCUT2D eigenvalue weighted by atomic mass is 35.5. The molecule has 2 rings (SSSR count). The molecule has 0 unspecified atom stereocenters. The van der Waals surface area contributed by atoms with E-state index in [2.05, 4.69) is 4.74 Å². The number of alkyl halides is 3. The van der Waals surface area contributed by atoms with Crippen LogP contribution in [-0.4, -0.2) is 19.5 Å². The van der Waals surface area contributed by atoms with E-state index in [1.165, 1.54) is 18.2 Å². The Morgan fingerprint density at radius 2 is 1.54 bits per heavy atom. The van der Waals surface area contributed by atoms with Crippen molar-refractivity contribution in [1.82, 2.24) is 0 Å². The standard InChI is InChI=1S/C15H12Cl2F3NO2.ClH/c16-11-5-10(6-12(17)8-11)9-1-2-13(23-15(18,19)20)14(7-9)22-4-3-21;/h1-2,5-8H,3-4,21H2;1H. The number of hydrogen-bond acceptors (Lipinski definition) is 3. The quantitative estimate of drug-likeness (QED) is 0.736. The van der Waals surface area contributed by atoms with Crippen molar-refractivity contribution in [3.63, 3.8) is 0 Å². The fourth-order valence-electron chi connectivity index (χ4n) is 1.90. The zero-order valence-electron chi connectivity index (χ0n) is 12.1. The van der Waals surface area contributed by atoms with Gasteiger partial charge in [0.15, 0.2) is 11.5 Å². The first kappa shape index (κ1) is 20.7. The lowest BCUT2D eigenvalue weighted by Gasteiger charge is -2.15. The number of nitrogens with two attached hydrogens (primary N) is 1. The molecule has 0 amide bonds. The Kier molecular flexibility index (Phi) is 7.48. The van der Waals surface area contributed by atoms with Gasteiger partial charge in [-0.1, -0.05) is 29.3 Å². The first-order chi connectivity index (χ1) is 10.8. The Bertz CT molecular complexity index is 676. The third-order valence-electron chi connectivity index (χ3n) is 2.74. The van der Waals surface area contributed by atoms with Gasteiger partial charge in [0.2, 0.25) is 0 Å². The molecule has 3 nitrogen and oxygen atoms in total. The van der Waals surface area contributed by atoms with Gasteiger partial charge in [-0.15, -0.1) is 25.6 Å². The zero-order chi connectivity index (χ0) is 17.0. The molecule has 24 heavy (non-hydrogen) atoms. The van der Waals surface area contributed by atoms with E-state index >= 15 is 0 Å². The van der Waals surface area contributed by atoms with Crippen molar-refractivity contribution < 1.29 is 22.6 Å². The second kappa shape index (κ2) is 8.67. The first-order valence-corrected chi connectivity index (χ1v) is 7.23. The maximum atomic E-state index is 12.4. The third kappa shape index (κ3) is 5.94. The summed E-state index contributed by atoms with van der Waals surface area (Å²) in [6, 6.07) is 8.87. The van der Waals surface area contributed by atoms with Crippen molar-refractivity contribution in [1.29, 1.82) is 0 Å². The van der Waals surface area contributed by atoms with Gasteiger partial charge in [-0.25, -0.2) is 0 Å². The molecule has 2 N–H and O–H groups in total. The second-order valence-corrected chi connectivity index (χ2v) is 5.38. The Labute approximate surface area is 152 Å². The minimum absolute atomic E-state index is 0. The molecule has 2 aromatic rings. The number of rotatable bonds is 5. The molecule has 0 radical (unpaired) electrons. The predicted molar refractivity (Wildman–Crippen MR) is 90.4 cm³/mol. The van der Waals surface area contributed by atoms with Crippen LogP contribution in [0.5, 0.6) is 11.5 Å². The summed E-state index contributed by atoms with van der Waals surface area (Å²) in [5, 5.41) is 0.820. The van der Waals surface area contributed by atoms with Gasteiger partial charge in [0.25, 0.3) is 0 Å². The molecule has 0 heterocycles. The highest BCUT2D eigenvalue weighted by Crippen LogP contribution is 2.37. The van der Waals surface area contributed by atoms with Crippen molar-refractivity contribution in [2.24, 2.45) is 5.73 Å². The summed E-state index contributed by atoms with van der Waals surface area (Å²) >= 11 is 11.9. The molecule has 0 saturated carbocycles. The first-order valence-electron chi connectivity index (χ1n) is 6.47. The number of hydrogen-bond donors (Lipinski definition) is 1. The number of benzene rings is 2. The molecular formula is C15H13Cl3F3NO2. The van der Waals surface area contributed by atoms with Gasteiger partial charge in [0.1, 0.15) is 6.61 Å². The van der Waals surface area contributed by atoms with Crippen LogP contribution in [0.1, 0.15) is 0 Å². The molecule has 0 aliphatic carbocycles. The van der Waals surface area contributed by atoms with Gasteiger partial charge in [-0.05, 0) is 41.5 Å². The third-order valence-corrected chi connectivity index (χ3v) is 3.18. The Hall–Kier alpha value is -1.34. The van der Waals surface area contributed by atoms with Gasteiger partial charge in [0, 0.05) is 16.6 Å². The SMILES string of the molecule is Cl.NCCOc1cc(-c2cc(Cl)cc(Cl)c2)ccc1OC(F)(F)F. The van der Waals surface area contributed by atoms with E-state index in [0.717, 1.165) is 0 Å². The lowest BCUT2D eigenvalue weighted by Crippen LogP contribution is -2.18. The monoisotopic (exact) mass is 401 g/mol. The Balaban J connectivity index is 0.00000288. The topological polar surface area (TPSA) is 44.5 Å². The Morgan fingerprint density at radius 3 is 2.08 bits per heavy atom. The summed E-state index contributed by atoms with van der Waals surface area (Å²) < 4.78 is 46.5. The van der Waals surface area contributed by atoms with E-state index in [0.29, 0.717) is 21.2 Å². The van der Waals surface area contributed by atoms with E-state index in [4.69, 9.17) is 33.7 Å². The summed E-state index contributed by atoms with van der Waals surface area (Å²) in [4.78, 5) is 0. The maximum Gasteiger partial charge on any atom is 0.573 e. The van der Waals surface area contributed by atoms with E-state index < -0.39 is 12.1 Å². The van der Waals surface area contributed by atoms with E-state index in [1.807, 2.05) is 0 Å². The molecule has 9 heteroatoms. The zero-order valence-corrected chi connectivity index (χ0v) is 14.4. The van der Waals surface area contributed by atoms with Crippen molar-refractivity contribution >= 4 is 35.6 Å². The van der Waals surface area contributed by atoms with Gasteiger partial charge in [-0.2, -0.15) is 0 Å². The summed E-state index contributed by atoms with van der Waals surface area (Å²) in [6.45, 7) is 0.201. The Morgan fingerprint density at radius 1 is 0.917 bits per heavy atom. The van der Waals surface area contributed by atoms with Crippen LogP contribution in [0, 0.1) is 0 Å². The summed E-state index contributed by atoms with van der Waals surface area (Å²) in [7, 11) is 0. The van der Waals surface area contributed by atoms with Crippen LogP contribution in [0.2, 0.25) is 10.0 Å². The average Bonchev–Trinajstić information content (AvgIpc) is 2.43. The lowest BCUT2D eigenvalue weighted by molar-refractivity contribution is -0.275. The molecule has 132 valence electrons. The van der Waals surface area contributed by atoms with Crippen LogP contribution in [0.3, 0.4) is 0 Å². The maximum absolute atomic E-state index is 12.4. The molecule has 0 aliphatic rings. The molecule has 0 aromatic heterocycles. The average molecular weight is 403 g/mol. The number of halogens is 6. The second-order valence-electron chi connectivity index (χ2n) is 4.50. The molecule has 0 bridgehead atoms. The van der Waals surface area contributed by atoms with E-state index in [-0.39, 0.29) is 31.3 Å². The van der Waals surface area contributed by atoms with Gasteiger partial charge in [0.05, 0.1) is 0 Å². The smallest absolute Gasteiger partial charge is 0.488 e. The predicted octanol–water partition coefficient (Wildman–Crippen LogP) is 5.32. The van der Waals surface area contributed by atoms with Crippen LogP contribution in [0.15, 0.2) is 36.4 Å². The van der Waals surface area contributed by atoms with Crippen LogP contribution in [-0.2, 0) is 0 Å². The molecular weight excluding hydrogens is 390 g/mol. The summed E-state index contributed by atoms with van der Waals surface area (Å²) in [6.07, 6.45) is -4.82. The van der Waals surface area contributed by atoms with E-state index in [9.17, 15) is 13.2 Å². The highest BCUT2D eigenvalue weighted by molar-refractivity contribution is 6.35. The summed E-state index contributed by atoms with van der Waals surface area (Å²) in [5.74, 6) is -0.510. The van der Waals surface area contributed by atoms with Crippen LogP contribution >= 0.6 is 35.6 Å². The van der Waals surface area contributed by atoms with Crippen molar-refractivity contribution in [2.75, 3.05) is 13.2 Å². The van der Waals surface area contributed by atoms with Crippen LogP contribution in [0.25, 0.3) is 11.1 Å². The van der Waals surface area contributed by atoms with Crippen LogP contribution < -0.4 is 15.2 Å². The molecule has 0 atom stereocenters. The van der Waals surface area contributed by atoms with Crippen molar-refractivity contribution in [3.05, 3.63) is 46.4 Å². The van der Waals surface area contributed by atoms with Crippen molar-refractivity contribution in [2.45, 2.75) is 6.36 Å². The molecule has 2 aromatic carbocycles. The van der Waals surface area contributed by atoms with Gasteiger partial charge < -0.3 is 15.2 Å². The molecule has 0 fully saturated rings. The van der Waals surface area contributed by atoms with E-state index in [1.54, 1.807) is 18.2 Å². The van der Waals surface area contributed by atoms with Gasteiger partial charge in [-0.3, -0.25) is 0 Å². The molecule has 0 saturated heterocycles. The molecule has 0 spiro atoms. The number of ether oxygens (including phenoxy) is 2. The normalized spacial score (nSPS) is 10.9. The fraction of sp³-hybridized carbons (Fsp3) is 0.200. The fourth-order valence-corrected chi connectivity index (χ4v) is 2.42. The van der Waals surface area contributed by atoms with Crippen LogP contribution in [0.4, 0.5) is 13.2 Å². The minimum atomic E-state index is -4.82. The highest BCUT2D eigenvalue weighted by Gasteiger charge is 2.32. The minimum Gasteiger partial charge on any atom is -0.488 e. The lowest BCUT2D eigenvalue weighted by atomic mass is 10.1. The van der Waals surface area contributed by atoms with Crippen molar-refractivity contribution in [3.8, 4) is 22.6 Å².